The Morgan fingerprint density at radius 3 is 2.53 bits per heavy atom. The van der Waals surface area contributed by atoms with Crippen molar-refractivity contribution in [3.8, 4) is 21.8 Å². The number of H-pyrrole nitrogens is 1. The first-order chi connectivity index (χ1) is 14.7. The van der Waals surface area contributed by atoms with Crippen LogP contribution in [0.15, 0.2) is 72.9 Å². The predicted molar refractivity (Wildman–Crippen MR) is 115 cm³/mol. The molecule has 0 radical (unpaired) electrons. The summed E-state index contributed by atoms with van der Waals surface area (Å²) in [6, 6.07) is 18.8. The van der Waals surface area contributed by atoms with Gasteiger partial charge in [0.15, 0.2) is 0 Å². The van der Waals surface area contributed by atoms with Gasteiger partial charge in [-0.2, -0.15) is 5.10 Å². The monoisotopic (exact) mass is 415 g/mol. The van der Waals surface area contributed by atoms with E-state index in [1.165, 1.54) is 23.5 Å². The van der Waals surface area contributed by atoms with Gasteiger partial charge in [-0.05, 0) is 66.7 Å². The molecule has 0 spiro atoms. The average Bonchev–Trinajstić information content (AvgIpc) is 3.42. The molecule has 30 heavy (non-hydrogen) atoms. The van der Waals surface area contributed by atoms with Crippen LogP contribution in [-0.4, -0.2) is 26.1 Å². The van der Waals surface area contributed by atoms with E-state index in [1.54, 1.807) is 24.4 Å². The van der Waals surface area contributed by atoms with Crippen LogP contribution >= 0.6 is 11.3 Å². The molecule has 0 unspecified atom stereocenters. The minimum Gasteiger partial charge on any atom is -0.321 e. The number of halogens is 1. The van der Waals surface area contributed by atoms with E-state index in [2.05, 4.69) is 25.5 Å². The SMILES string of the molecule is O=C(Nc1ccc(-c2nc3cccnc3s2)cc1)c1cc(-c2ccc(F)cc2)n[nH]1. The number of rotatable bonds is 4. The number of anilines is 1. The van der Waals surface area contributed by atoms with Crippen molar-refractivity contribution < 1.29 is 9.18 Å². The standard InChI is InChI=1S/C22H14FN5OS/c23-15-7-3-13(4-8-15)18-12-19(28-27-18)20(29)25-16-9-5-14(6-10-16)21-26-17-2-1-11-24-22(17)30-21/h1-12H,(H,25,29)(H,27,28). The zero-order valence-corrected chi connectivity index (χ0v) is 16.3. The molecule has 2 aromatic carbocycles. The largest absolute Gasteiger partial charge is 0.321 e. The first-order valence-corrected chi connectivity index (χ1v) is 9.92. The molecule has 2 N–H and O–H groups in total. The number of aromatic nitrogens is 4. The van der Waals surface area contributed by atoms with Gasteiger partial charge in [0, 0.05) is 23.0 Å². The molecule has 5 rings (SSSR count). The number of fused-ring (bicyclic) bond motifs is 1. The summed E-state index contributed by atoms with van der Waals surface area (Å²) >= 11 is 1.52. The normalized spacial score (nSPS) is 11.0. The molecular formula is C22H14FN5OS. The molecule has 5 aromatic rings. The lowest BCUT2D eigenvalue weighted by atomic mass is 10.1. The van der Waals surface area contributed by atoms with Crippen LogP contribution in [0.3, 0.4) is 0 Å². The second kappa shape index (κ2) is 7.49. The number of benzene rings is 2. The molecule has 3 aromatic heterocycles. The van der Waals surface area contributed by atoms with Gasteiger partial charge >= 0.3 is 0 Å². The number of pyridine rings is 1. The van der Waals surface area contributed by atoms with E-state index in [0.29, 0.717) is 17.1 Å². The third-order valence-corrected chi connectivity index (χ3v) is 5.55. The van der Waals surface area contributed by atoms with Crippen molar-refractivity contribution in [3.05, 3.63) is 84.4 Å². The third kappa shape index (κ3) is 3.56. The van der Waals surface area contributed by atoms with Crippen molar-refractivity contribution in [2.24, 2.45) is 0 Å². The van der Waals surface area contributed by atoms with Gasteiger partial charge in [0.05, 0.1) is 5.69 Å². The Bertz CT molecular complexity index is 1310. The zero-order valence-electron chi connectivity index (χ0n) is 15.5. The van der Waals surface area contributed by atoms with Crippen molar-refractivity contribution in [3.63, 3.8) is 0 Å². The number of hydrogen-bond acceptors (Lipinski definition) is 5. The van der Waals surface area contributed by atoms with Gasteiger partial charge in [0.1, 0.15) is 26.9 Å². The second-order valence-electron chi connectivity index (χ2n) is 6.55. The highest BCUT2D eigenvalue weighted by Crippen LogP contribution is 2.29. The van der Waals surface area contributed by atoms with Gasteiger partial charge in [0.2, 0.25) is 0 Å². The van der Waals surface area contributed by atoms with Crippen molar-refractivity contribution in [1.82, 2.24) is 20.2 Å². The number of nitrogens with zero attached hydrogens (tertiary/aromatic N) is 3. The lowest BCUT2D eigenvalue weighted by Gasteiger charge is -2.04. The number of aromatic amines is 1. The first kappa shape index (κ1) is 18.1. The number of thiazole rings is 1. The van der Waals surface area contributed by atoms with Crippen molar-refractivity contribution in [1.29, 1.82) is 0 Å². The van der Waals surface area contributed by atoms with E-state index in [0.717, 1.165) is 26.5 Å². The van der Waals surface area contributed by atoms with Crippen LogP contribution in [-0.2, 0) is 0 Å². The molecule has 0 bridgehead atoms. The number of carbonyl (C=O) groups excluding carboxylic acids is 1. The summed E-state index contributed by atoms with van der Waals surface area (Å²) in [5.74, 6) is -0.634. The van der Waals surface area contributed by atoms with Crippen LogP contribution in [0, 0.1) is 5.82 Å². The van der Waals surface area contributed by atoms with E-state index >= 15 is 0 Å². The summed E-state index contributed by atoms with van der Waals surface area (Å²) in [6.07, 6.45) is 1.75. The lowest BCUT2D eigenvalue weighted by molar-refractivity contribution is 0.102. The van der Waals surface area contributed by atoms with Crippen molar-refractivity contribution in [2.45, 2.75) is 0 Å². The Labute approximate surface area is 174 Å². The molecule has 146 valence electrons. The molecule has 0 saturated carbocycles. The summed E-state index contributed by atoms with van der Waals surface area (Å²) in [6.45, 7) is 0. The fourth-order valence-corrected chi connectivity index (χ4v) is 3.91. The maximum atomic E-state index is 13.1. The quantitative estimate of drug-likeness (QED) is 0.426. The smallest absolute Gasteiger partial charge is 0.273 e. The minimum atomic E-state index is -0.321. The summed E-state index contributed by atoms with van der Waals surface area (Å²) in [5.41, 5.74) is 4.08. The fraction of sp³-hybridized carbons (Fsp3) is 0. The Morgan fingerprint density at radius 2 is 1.77 bits per heavy atom. The number of amides is 1. The molecular weight excluding hydrogens is 401 g/mol. The third-order valence-electron chi connectivity index (χ3n) is 4.52. The lowest BCUT2D eigenvalue weighted by Crippen LogP contribution is -2.12. The van der Waals surface area contributed by atoms with Gasteiger partial charge in [-0.1, -0.05) is 11.3 Å². The molecule has 0 aliphatic carbocycles. The topological polar surface area (TPSA) is 83.6 Å². The fourth-order valence-electron chi connectivity index (χ4n) is 2.99. The summed E-state index contributed by atoms with van der Waals surface area (Å²) in [7, 11) is 0. The summed E-state index contributed by atoms with van der Waals surface area (Å²) < 4.78 is 13.1. The number of carbonyl (C=O) groups is 1. The Hall–Kier alpha value is -3.91. The van der Waals surface area contributed by atoms with Crippen LogP contribution < -0.4 is 5.32 Å². The van der Waals surface area contributed by atoms with Crippen molar-refractivity contribution in [2.75, 3.05) is 5.32 Å². The van der Waals surface area contributed by atoms with E-state index in [-0.39, 0.29) is 11.7 Å². The number of nitrogens with one attached hydrogen (secondary N) is 2. The second-order valence-corrected chi connectivity index (χ2v) is 7.53. The molecule has 0 saturated heterocycles. The number of hydrogen-bond donors (Lipinski definition) is 2. The molecule has 0 fully saturated rings. The van der Waals surface area contributed by atoms with Gasteiger partial charge in [-0.15, -0.1) is 0 Å². The highest BCUT2D eigenvalue weighted by Gasteiger charge is 2.12. The average molecular weight is 415 g/mol. The summed E-state index contributed by atoms with van der Waals surface area (Å²) in [4.78, 5) is 22.3. The molecule has 0 atom stereocenters. The van der Waals surface area contributed by atoms with Gasteiger partial charge in [-0.3, -0.25) is 9.89 Å². The minimum absolute atomic E-state index is 0.312. The Balaban J connectivity index is 1.31. The molecule has 0 aliphatic rings. The molecule has 8 heteroatoms. The Kier molecular flexibility index (Phi) is 4.53. The van der Waals surface area contributed by atoms with Crippen LogP contribution in [0.2, 0.25) is 0 Å². The van der Waals surface area contributed by atoms with E-state index < -0.39 is 0 Å². The van der Waals surface area contributed by atoms with Crippen LogP contribution in [0.25, 0.3) is 32.2 Å². The molecule has 0 aliphatic heterocycles. The summed E-state index contributed by atoms with van der Waals surface area (Å²) in [5, 5.41) is 10.6. The highest BCUT2D eigenvalue weighted by atomic mass is 32.1. The van der Waals surface area contributed by atoms with Crippen LogP contribution in [0.1, 0.15) is 10.5 Å². The molecule has 1 amide bonds. The van der Waals surface area contributed by atoms with E-state index in [1.807, 2.05) is 36.4 Å². The first-order valence-electron chi connectivity index (χ1n) is 9.10. The van der Waals surface area contributed by atoms with Crippen molar-refractivity contribution >= 4 is 33.3 Å². The maximum Gasteiger partial charge on any atom is 0.273 e. The zero-order chi connectivity index (χ0) is 20.5. The van der Waals surface area contributed by atoms with Crippen LogP contribution in [0.4, 0.5) is 10.1 Å². The molecule has 3 heterocycles. The Morgan fingerprint density at radius 1 is 1.00 bits per heavy atom. The van der Waals surface area contributed by atoms with E-state index in [9.17, 15) is 9.18 Å². The van der Waals surface area contributed by atoms with Gasteiger partial charge in [-0.25, -0.2) is 14.4 Å². The molecule has 6 nitrogen and oxygen atoms in total. The van der Waals surface area contributed by atoms with Gasteiger partial charge < -0.3 is 5.32 Å². The highest BCUT2D eigenvalue weighted by molar-refractivity contribution is 7.21. The van der Waals surface area contributed by atoms with Crippen LogP contribution in [0.5, 0.6) is 0 Å². The van der Waals surface area contributed by atoms with Gasteiger partial charge in [0.25, 0.3) is 5.91 Å². The predicted octanol–water partition coefficient (Wildman–Crippen LogP) is 5.14. The maximum absolute atomic E-state index is 13.1. The van der Waals surface area contributed by atoms with E-state index in [4.69, 9.17) is 0 Å².